The van der Waals surface area contributed by atoms with Gasteiger partial charge in [-0.2, -0.15) is 0 Å². The fourth-order valence-corrected chi connectivity index (χ4v) is 3.59. The van der Waals surface area contributed by atoms with Crippen molar-refractivity contribution < 1.29 is 9.59 Å². The Kier molecular flexibility index (Phi) is 5.71. The summed E-state index contributed by atoms with van der Waals surface area (Å²) in [6, 6.07) is 16.0. The van der Waals surface area contributed by atoms with Gasteiger partial charge in [-0.3, -0.25) is 9.59 Å². The van der Waals surface area contributed by atoms with Crippen LogP contribution >= 0.6 is 0 Å². The molecule has 1 N–H and O–H groups in total. The molecule has 1 saturated heterocycles. The largest absolute Gasteiger partial charge is 0.352 e. The maximum absolute atomic E-state index is 12.6. The van der Waals surface area contributed by atoms with E-state index < -0.39 is 0 Å². The number of carbonyl (C=O) groups is 2. The van der Waals surface area contributed by atoms with Gasteiger partial charge in [0.25, 0.3) is 0 Å². The number of aryl methyl sites for hydroxylation is 2. The van der Waals surface area contributed by atoms with Gasteiger partial charge in [0.15, 0.2) is 0 Å². The Morgan fingerprint density at radius 2 is 1.69 bits per heavy atom. The van der Waals surface area contributed by atoms with Crippen LogP contribution in [-0.2, 0) is 29.0 Å². The summed E-state index contributed by atoms with van der Waals surface area (Å²) in [4.78, 5) is 27.0. The third-order valence-electron chi connectivity index (χ3n) is 5.04. The van der Waals surface area contributed by atoms with Crippen LogP contribution in [0.25, 0.3) is 0 Å². The van der Waals surface area contributed by atoms with Crippen LogP contribution < -0.4 is 10.2 Å². The van der Waals surface area contributed by atoms with E-state index in [1.807, 2.05) is 41.3 Å². The molecule has 1 aliphatic rings. The molecule has 2 amide bonds. The molecule has 1 heterocycles. The van der Waals surface area contributed by atoms with Crippen molar-refractivity contribution in [1.29, 1.82) is 0 Å². The highest BCUT2D eigenvalue weighted by Crippen LogP contribution is 2.32. The van der Waals surface area contributed by atoms with Gasteiger partial charge in [0.05, 0.1) is 5.92 Å². The van der Waals surface area contributed by atoms with Crippen LogP contribution in [0, 0.1) is 5.92 Å². The lowest BCUT2D eigenvalue weighted by Gasteiger charge is -2.23. The number of carbonyl (C=O) groups excluding carboxylic acids is 2. The summed E-state index contributed by atoms with van der Waals surface area (Å²) in [6.45, 7) is 5.16. The maximum Gasteiger partial charge on any atom is 0.227 e. The molecule has 0 aliphatic carbocycles. The molecule has 0 bridgehead atoms. The number of hydrogen-bond donors (Lipinski definition) is 1. The maximum atomic E-state index is 12.6. The molecule has 1 fully saturated rings. The first-order valence-electron chi connectivity index (χ1n) is 9.36. The zero-order valence-electron chi connectivity index (χ0n) is 15.5. The predicted octanol–water partition coefficient (Wildman–Crippen LogP) is 3.48. The molecular formula is C22H26N2O2. The lowest BCUT2D eigenvalue weighted by atomic mass is 10.0. The van der Waals surface area contributed by atoms with Crippen LogP contribution in [0.15, 0.2) is 48.5 Å². The third kappa shape index (κ3) is 3.79. The average Bonchev–Trinajstić information content (AvgIpc) is 3.07. The summed E-state index contributed by atoms with van der Waals surface area (Å²) in [5.74, 6) is -0.293. The Labute approximate surface area is 155 Å². The van der Waals surface area contributed by atoms with Crippen molar-refractivity contribution in [2.24, 2.45) is 5.92 Å². The van der Waals surface area contributed by atoms with Crippen LogP contribution in [0.4, 0.5) is 5.69 Å². The zero-order chi connectivity index (χ0) is 18.5. The summed E-state index contributed by atoms with van der Waals surface area (Å²) < 4.78 is 0. The highest BCUT2D eigenvalue weighted by Gasteiger charge is 2.36. The van der Waals surface area contributed by atoms with Crippen LogP contribution in [0.5, 0.6) is 0 Å². The molecule has 0 aromatic heterocycles. The lowest BCUT2D eigenvalue weighted by Crippen LogP contribution is -2.33. The topological polar surface area (TPSA) is 49.4 Å². The highest BCUT2D eigenvalue weighted by molar-refractivity contribution is 6.01. The van der Waals surface area contributed by atoms with Gasteiger partial charge in [-0.1, -0.05) is 62.4 Å². The summed E-state index contributed by atoms with van der Waals surface area (Å²) in [7, 11) is 0. The van der Waals surface area contributed by atoms with Gasteiger partial charge in [0, 0.05) is 25.2 Å². The van der Waals surface area contributed by atoms with Gasteiger partial charge >= 0.3 is 0 Å². The van der Waals surface area contributed by atoms with Crippen molar-refractivity contribution >= 4 is 17.5 Å². The van der Waals surface area contributed by atoms with Crippen LogP contribution in [-0.4, -0.2) is 18.4 Å². The van der Waals surface area contributed by atoms with E-state index in [0.717, 1.165) is 24.1 Å². The molecule has 4 heteroatoms. The van der Waals surface area contributed by atoms with Crippen LogP contribution in [0.2, 0.25) is 0 Å². The average molecular weight is 350 g/mol. The molecule has 1 aliphatic heterocycles. The molecule has 26 heavy (non-hydrogen) atoms. The predicted molar refractivity (Wildman–Crippen MR) is 104 cm³/mol. The van der Waals surface area contributed by atoms with Crippen molar-refractivity contribution in [3.8, 4) is 0 Å². The molecule has 136 valence electrons. The molecule has 0 unspecified atom stereocenters. The smallest absolute Gasteiger partial charge is 0.227 e. The third-order valence-corrected chi connectivity index (χ3v) is 5.04. The molecule has 3 rings (SSSR count). The van der Waals surface area contributed by atoms with E-state index in [2.05, 4.69) is 31.3 Å². The number of nitrogens with one attached hydrogen (secondary N) is 1. The monoisotopic (exact) mass is 350 g/mol. The molecule has 0 saturated carbocycles. The zero-order valence-corrected chi connectivity index (χ0v) is 15.5. The number of para-hydroxylation sites is 1. The van der Waals surface area contributed by atoms with E-state index in [9.17, 15) is 9.59 Å². The Hall–Kier alpha value is -2.62. The van der Waals surface area contributed by atoms with E-state index in [1.54, 1.807) is 0 Å². The summed E-state index contributed by atoms with van der Waals surface area (Å²) in [5.41, 5.74) is 4.42. The van der Waals surface area contributed by atoms with E-state index in [4.69, 9.17) is 0 Å². The fourth-order valence-electron chi connectivity index (χ4n) is 3.59. The minimum atomic E-state index is -0.291. The van der Waals surface area contributed by atoms with E-state index >= 15 is 0 Å². The Morgan fingerprint density at radius 3 is 2.31 bits per heavy atom. The second-order valence-electron chi connectivity index (χ2n) is 6.74. The first-order chi connectivity index (χ1) is 12.6. The van der Waals surface area contributed by atoms with Crippen molar-refractivity contribution in [3.63, 3.8) is 0 Å². The normalized spacial score (nSPS) is 16.8. The van der Waals surface area contributed by atoms with Gasteiger partial charge in [-0.25, -0.2) is 0 Å². The van der Waals surface area contributed by atoms with Crippen LogP contribution in [0.1, 0.15) is 37.0 Å². The first-order valence-corrected chi connectivity index (χ1v) is 9.36. The van der Waals surface area contributed by atoms with Crippen molar-refractivity contribution in [3.05, 3.63) is 65.2 Å². The molecule has 1 atom stereocenters. The number of amides is 2. The second-order valence-corrected chi connectivity index (χ2v) is 6.74. The van der Waals surface area contributed by atoms with Crippen molar-refractivity contribution in [2.45, 2.75) is 39.7 Å². The molecule has 0 spiro atoms. The molecule has 2 aromatic rings. The van der Waals surface area contributed by atoms with Crippen molar-refractivity contribution in [1.82, 2.24) is 5.32 Å². The minimum absolute atomic E-state index is 0.0421. The summed E-state index contributed by atoms with van der Waals surface area (Å²) in [6.07, 6.45) is 2.03. The number of benzene rings is 2. The Bertz CT molecular complexity index is 764. The van der Waals surface area contributed by atoms with Gasteiger partial charge in [0.1, 0.15) is 0 Å². The summed E-state index contributed by atoms with van der Waals surface area (Å²) >= 11 is 0. The standard InChI is InChI=1S/C22H26N2O2/c1-3-17-11-8-12-18(4-2)21(17)24-15-19(13-20(24)25)22(26)23-14-16-9-6-5-7-10-16/h5-12,19H,3-4,13-15H2,1-2H3,(H,23,26)/t19-/m1/s1. The van der Waals surface area contributed by atoms with Gasteiger partial charge in [-0.05, 0) is 29.5 Å². The molecule has 4 nitrogen and oxygen atoms in total. The first kappa shape index (κ1) is 18.2. The van der Waals surface area contributed by atoms with Gasteiger partial charge in [0.2, 0.25) is 11.8 Å². The minimum Gasteiger partial charge on any atom is -0.352 e. The Balaban J connectivity index is 1.72. The summed E-state index contributed by atoms with van der Waals surface area (Å²) in [5, 5.41) is 2.97. The van der Waals surface area contributed by atoms with E-state index in [1.165, 1.54) is 11.1 Å². The van der Waals surface area contributed by atoms with E-state index in [-0.39, 0.29) is 24.2 Å². The Morgan fingerprint density at radius 1 is 1.04 bits per heavy atom. The molecule has 2 aromatic carbocycles. The lowest BCUT2D eigenvalue weighted by molar-refractivity contribution is -0.126. The number of nitrogens with zero attached hydrogens (tertiary/aromatic N) is 1. The number of anilines is 1. The SMILES string of the molecule is CCc1cccc(CC)c1N1C[C@H](C(=O)NCc2ccccc2)CC1=O. The van der Waals surface area contributed by atoms with Crippen molar-refractivity contribution in [2.75, 3.05) is 11.4 Å². The number of rotatable bonds is 6. The second kappa shape index (κ2) is 8.17. The number of hydrogen-bond acceptors (Lipinski definition) is 2. The van der Waals surface area contributed by atoms with Gasteiger partial charge in [-0.15, -0.1) is 0 Å². The quantitative estimate of drug-likeness (QED) is 0.867. The van der Waals surface area contributed by atoms with E-state index in [0.29, 0.717) is 13.1 Å². The van der Waals surface area contributed by atoms with Gasteiger partial charge < -0.3 is 10.2 Å². The molecular weight excluding hydrogens is 324 g/mol. The highest BCUT2D eigenvalue weighted by atomic mass is 16.2. The van der Waals surface area contributed by atoms with Crippen LogP contribution in [0.3, 0.4) is 0 Å². The fraction of sp³-hybridized carbons (Fsp3) is 0.364. The molecule has 0 radical (unpaired) electrons.